The number of nitrogens with one attached hydrogen (secondary N) is 1. The van der Waals surface area contributed by atoms with Crippen LogP contribution in [0.15, 0.2) is 0 Å². The van der Waals surface area contributed by atoms with E-state index >= 15 is 0 Å². The van der Waals surface area contributed by atoms with Crippen LogP contribution in [0, 0.1) is 11.3 Å². The van der Waals surface area contributed by atoms with Gasteiger partial charge >= 0.3 is 0 Å². The summed E-state index contributed by atoms with van der Waals surface area (Å²) in [7, 11) is 0. The lowest BCUT2D eigenvalue weighted by Crippen LogP contribution is -2.38. The molecule has 98 valence electrons. The molecule has 0 radical (unpaired) electrons. The first-order valence-corrected chi connectivity index (χ1v) is 7.42. The molecule has 2 fully saturated rings. The first-order valence-electron chi connectivity index (χ1n) is 7.42. The zero-order chi connectivity index (χ0) is 12.3. The average Bonchev–Trinajstić information content (AvgIpc) is 2.49. The van der Waals surface area contributed by atoms with Crippen molar-refractivity contribution in [1.29, 1.82) is 0 Å². The molecule has 2 aliphatic rings. The summed E-state index contributed by atoms with van der Waals surface area (Å²) < 4.78 is 0. The van der Waals surface area contributed by atoms with Crippen LogP contribution in [0.5, 0.6) is 0 Å². The van der Waals surface area contributed by atoms with E-state index in [1.165, 1.54) is 44.9 Å². The average molecular weight is 237 g/mol. The first kappa shape index (κ1) is 12.9. The van der Waals surface area contributed by atoms with Gasteiger partial charge in [-0.2, -0.15) is 0 Å². The van der Waals surface area contributed by atoms with E-state index in [2.05, 4.69) is 19.2 Å². The van der Waals surface area contributed by atoms with Crippen molar-refractivity contribution in [3.8, 4) is 0 Å². The number of carbonyl (C=O) groups is 1. The minimum absolute atomic E-state index is 0.302. The quantitative estimate of drug-likeness (QED) is 0.780. The maximum atomic E-state index is 11.8. The van der Waals surface area contributed by atoms with Crippen LogP contribution in [0.3, 0.4) is 0 Å². The summed E-state index contributed by atoms with van der Waals surface area (Å²) in [5.74, 6) is 0.983. The maximum Gasteiger partial charge on any atom is 0.220 e. The van der Waals surface area contributed by atoms with Gasteiger partial charge in [0.25, 0.3) is 0 Å². The SMILES string of the molecule is CC(C)CC1NC(=O)CC12CCCCCCC2. The van der Waals surface area contributed by atoms with E-state index < -0.39 is 0 Å². The molecule has 0 aromatic carbocycles. The molecule has 1 spiro atoms. The van der Waals surface area contributed by atoms with E-state index in [9.17, 15) is 4.79 Å². The second-order valence-electron chi connectivity index (χ2n) is 6.56. The summed E-state index contributed by atoms with van der Waals surface area (Å²) in [5, 5.41) is 3.25. The van der Waals surface area contributed by atoms with Gasteiger partial charge in [-0.1, -0.05) is 46.0 Å². The molecule has 2 rings (SSSR count). The van der Waals surface area contributed by atoms with E-state index in [1.54, 1.807) is 0 Å². The second-order valence-corrected chi connectivity index (χ2v) is 6.56. The maximum absolute atomic E-state index is 11.8. The molecule has 1 heterocycles. The summed E-state index contributed by atoms with van der Waals surface area (Å²) in [6, 6.07) is 0.452. The summed E-state index contributed by atoms with van der Waals surface area (Å²) in [6.07, 6.45) is 11.3. The molecule has 0 bridgehead atoms. The van der Waals surface area contributed by atoms with Crippen molar-refractivity contribution in [3.05, 3.63) is 0 Å². The zero-order valence-corrected chi connectivity index (χ0v) is 11.4. The van der Waals surface area contributed by atoms with Crippen LogP contribution in [0.2, 0.25) is 0 Å². The number of amides is 1. The summed E-state index contributed by atoms with van der Waals surface area (Å²) in [6.45, 7) is 4.53. The van der Waals surface area contributed by atoms with Crippen molar-refractivity contribution in [2.45, 2.75) is 77.7 Å². The fourth-order valence-electron chi connectivity index (χ4n) is 3.76. The van der Waals surface area contributed by atoms with Crippen molar-refractivity contribution in [1.82, 2.24) is 5.32 Å². The van der Waals surface area contributed by atoms with Gasteiger partial charge in [0.2, 0.25) is 5.91 Å². The molecular weight excluding hydrogens is 210 g/mol. The van der Waals surface area contributed by atoms with Crippen LogP contribution < -0.4 is 5.32 Å². The number of hydrogen-bond acceptors (Lipinski definition) is 1. The van der Waals surface area contributed by atoms with Crippen molar-refractivity contribution < 1.29 is 4.79 Å². The molecule has 0 aromatic rings. The van der Waals surface area contributed by atoms with Gasteiger partial charge in [-0.15, -0.1) is 0 Å². The van der Waals surface area contributed by atoms with E-state index in [0.717, 1.165) is 12.8 Å². The van der Waals surface area contributed by atoms with Gasteiger partial charge in [-0.05, 0) is 30.6 Å². The monoisotopic (exact) mass is 237 g/mol. The van der Waals surface area contributed by atoms with E-state index in [1.807, 2.05) is 0 Å². The van der Waals surface area contributed by atoms with E-state index in [4.69, 9.17) is 0 Å². The zero-order valence-electron chi connectivity index (χ0n) is 11.4. The molecule has 2 heteroatoms. The second kappa shape index (κ2) is 5.41. The number of carbonyl (C=O) groups excluding carboxylic acids is 1. The predicted molar refractivity (Wildman–Crippen MR) is 70.8 cm³/mol. The van der Waals surface area contributed by atoms with E-state index in [-0.39, 0.29) is 0 Å². The van der Waals surface area contributed by atoms with Crippen LogP contribution >= 0.6 is 0 Å². The minimum Gasteiger partial charge on any atom is -0.353 e. The minimum atomic E-state index is 0.302. The molecular formula is C15H27NO. The molecule has 17 heavy (non-hydrogen) atoms. The Hall–Kier alpha value is -0.530. The molecule has 1 atom stereocenters. The van der Waals surface area contributed by atoms with Gasteiger partial charge in [-0.25, -0.2) is 0 Å². The van der Waals surface area contributed by atoms with Gasteiger partial charge in [0.15, 0.2) is 0 Å². The van der Waals surface area contributed by atoms with Crippen LogP contribution in [-0.4, -0.2) is 11.9 Å². The van der Waals surface area contributed by atoms with Gasteiger partial charge in [0.05, 0.1) is 0 Å². The Morgan fingerprint density at radius 2 is 1.76 bits per heavy atom. The van der Waals surface area contributed by atoms with Crippen LogP contribution in [-0.2, 0) is 4.79 Å². The third-order valence-corrected chi connectivity index (χ3v) is 4.64. The lowest BCUT2D eigenvalue weighted by atomic mass is 9.69. The molecule has 1 saturated heterocycles. The van der Waals surface area contributed by atoms with Crippen LogP contribution in [0.25, 0.3) is 0 Å². The Kier molecular flexibility index (Phi) is 4.11. The van der Waals surface area contributed by atoms with Crippen LogP contribution in [0.4, 0.5) is 0 Å². The Labute approximate surface area is 106 Å². The summed E-state index contributed by atoms with van der Waals surface area (Å²) >= 11 is 0. The van der Waals surface area contributed by atoms with Crippen molar-refractivity contribution in [3.63, 3.8) is 0 Å². The molecule has 1 aliphatic heterocycles. The molecule has 1 unspecified atom stereocenters. The molecule has 2 nitrogen and oxygen atoms in total. The smallest absolute Gasteiger partial charge is 0.220 e. The topological polar surface area (TPSA) is 29.1 Å². The fraction of sp³-hybridized carbons (Fsp3) is 0.933. The highest BCUT2D eigenvalue weighted by molar-refractivity contribution is 5.80. The van der Waals surface area contributed by atoms with Crippen molar-refractivity contribution in [2.75, 3.05) is 0 Å². The van der Waals surface area contributed by atoms with Crippen molar-refractivity contribution in [2.24, 2.45) is 11.3 Å². The predicted octanol–water partition coefficient (Wildman–Crippen LogP) is 3.65. The number of hydrogen-bond donors (Lipinski definition) is 1. The standard InChI is InChI=1S/C15H27NO/c1-12(2)10-13-15(11-14(17)16-13)8-6-4-3-5-7-9-15/h12-13H,3-11H2,1-2H3,(H,16,17). The lowest BCUT2D eigenvalue weighted by molar-refractivity contribution is -0.119. The molecule has 1 N–H and O–H groups in total. The lowest BCUT2D eigenvalue weighted by Gasteiger charge is -2.36. The normalized spacial score (nSPS) is 29.1. The van der Waals surface area contributed by atoms with Gasteiger partial charge in [0.1, 0.15) is 0 Å². The molecule has 1 aliphatic carbocycles. The molecule has 1 saturated carbocycles. The Balaban J connectivity index is 2.09. The largest absolute Gasteiger partial charge is 0.353 e. The Morgan fingerprint density at radius 1 is 1.18 bits per heavy atom. The number of rotatable bonds is 2. The first-order chi connectivity index (χ1) is 8.12. The molecule has 1 amide bonds. The summed E-state index contributed by atoms with van der Waals surface area (Å²) in [4.78, 5) is 11.8. The fourth-order valence-corrected chi connectivity index (χ4v) is 3.76. The van der Waals surface area contributed by atoms with Crippen molar-refractivity contribution >= 4 is 5.91 Å². The Bertz CT molecular complexity index is 264. The third-order valence-electron chi connectivity index (χ3n) is 4.64. The summed E-state index contributed by atoms with van der Waals surface area (Å²) in [5.41, 5.74) is 0.307. The van der Waals surface area contributed by atoms with Gasteiger partial charge in [0, 0.05) is 12.5 Å². The highest BCUT2D eigenvalue weighted by Gasteiger charge is 2.45. The third kappa shape index (κ3) is 3.02. The molecule has 0 aromatic heterocycles. The highest BCUT2D eigenvalue weighted by atomic mass is 16.2. The van der Waals surface area contributed by atoms with Gasteiger partial charge in [-0.3, -0.25) is 4.79 Å². The van der Waals surface area contributed by atoms with Crippen LogP contribution in [0.1, 0.15) is 71.6 Å². The Morgan fingerprint density at radius 3 is 2.35 bits per heavy atom. The van der Waals surface area contributed by atoms with Gasteiger partial charge < -0.3 is 5.32 Å². The van der Waals surface area contributed by atoms with E-state index in [0.29, 0.717) is 23.3 Å². The highest BCUT2D eigenvalue weighted by Crippen LogP contribution is 2.45.